The summed E-state index contributed by atoms with van der Waals surface area (Å²) < 4.78 is 0. The molecule has 0 spiro atoms. The highest BCUT2D eigenvalue weighted by Crippen LogP contribution is 2.20. The second-order valence-electron chi connectivity index (χ2n) is 5.56. The molecule has 6 heteroatoms. The lowest BCUT2D eigenvalue weighted by Gasteiger charge is -2.19. The van der Waals surface area contributed by atoms with Crippen molar-refractivity contribution >= 4 is 23.5 Å². The zero-order valence-corrected chi connectivity index (χ0v) is 12.5. The Morgan fingerprint density at radius 1 is 1.24 bits per heavy atom. The van der Waals surface area contributed by atoms with E-state index in [9.17, 15) is 9.59 Å². The van der Waals surface area contributed by atoms with Crippen LogP contribution < -0.4 is 5.32 Å². The second-order valence-corrected chi connectivity index (χ2v) is 5.97. The number of benzene rings is 1. The van der Waals surface area contributed by atoms with Gasteiger partial charge in [-0.25, -0.2) is 4.79 Å². The Morgan fingerprint density at radius 2 is 1.95 bits per heavy atom. The Hall–Kier alpha value is -1.75. The van der Waals surface area contributed by atoms with Crippen LogP contribution in [0.2, 0.25) is 5.02 Å². The van der Waals surface area contributed by atoms with E-state index < -0.39 is 0 Å². The largest absolute Gasteiger partial charge is 0.352 e. The molecule has 0 radical (unpaired) electrons. The van der Waals surface area contributed by atoms with Gasteiger partial charge in [0.25, 0.3) is 0 Å². The Labute approximate surface area is 128 Å². The first-order valence-corrected chi connectivity index (χ1v) is 7.58. The number of hydrogen-bond acceptors (Lipinski definition) is 2. The van der Waals surface area contributed by atoms with Gasteiger partial charge in [0.2, 0.25) is 5.91 Å². The first-order valence-electron chi connectivity index (χ1n) is 7.20. The molecule has 1 aliphatic carbocycles. The maximum atomic E-state index is 12.3. The van der Waals surface area contributed by atoms with Crippen molar-refractivity contribution in [2.24, 2.45) is 0 Å². The highest BCUT2D eigenvalue weighted by Gasteiger charge is 2.31. The smallest absolute Gasteiger partial charge is 0.320 e. The van der Waals surface area contributed by atoms with Gasteiger partial charge in [-0.2, -0.15) is 0 Å². The molecule has 112 valence electrons. The van der Waals surface area contributed by atoms with E-state index in [4.69, 9.17) is 11.6 Å². The summed E-state index contributed by atoms with van der Waals surface area (Å²) in [4.78, 5) is 27.4. The summed E-state index contributed by atoms with van der Waals surface area (Å²) >= 11 is 6.12. The summed E-state index contributed by atoms with van der Waals surface area (Å²) in [6, 6.07) is 7.74. The Balaban J connectivity index is 1.55. The SMILES string of the molecule is O=C(CN1CCN(Cc2ccccc2Cl)C1=O)NC1CC1. The van der Waals surface area contributed by atoms with Crippen LogP contribution in [0.25, 0.3) is 0 Å². The van der Waals surface area contributed by atoms with Crippen molar-refractivity contribution in [1.29, 1.82) is 0 Å². The van der Waals surface area contributed by atoms with Crippen LogP contribution in [0.3, 0.4) is 0 Å². The highest BCUT2D eigenvalue weighted by molar-refractivity contribution is 6.31. The van der Waals surface area contributed by atoms with Crippen LogP contribution in [0.4, 0.5) is 4.79 Å². The van der Waals surface area contributed by atoms with Gasteiger partial charge in [0.1, 0.15) is 6.54 Å². The highest BCUT2D eigenvalue weighted by atomic mass is 35.5. The molecule has 1 saturated heterocycles. The number of amides is 3. The summed E-state index contributed by atoms with van der Waals surface area (Å²) in [5.41, 5.74) is 0.928. The van der Waals surface area contributed by atoms with E-state index in [1.54, 1.807) is 9.80 Å². The number of nitrogens with zero attached hydrogens (tertiary/aromatic N) is 2. The van der Waals surface area contributed by atoms with E-state index in [1.807, 2.05) is 24.3 Å². The lowest BCUT2D eigenvalue weighted by atomic mass is 10.2. The van der Waals surface area contributed by atoms with Crippen molar-refractivity contribution in [3.05, 3.63) is 34.9 Å². The molecule has 1 aromatic rings. The zero-order chi connectivity index (χ0) is 14.8. The topological polar surface area (TPSA) is 52.7 Å². The van der Waals surface area contributed by atoms with Crippen LogP contribution in [-0.4, -0.2) is 47.4 Å². The van der Waals surface area contributed by atoms with Crippen LogP contribution in [0, 0.1) is 0 Å². The van der Waals surface area contributed by atoms with Crippen LogP contribution in [0.1, 0.15) is 18.4 Å². The predicted molar refractivity (Wildman–Crippen MR) is 80.0 cm³/mol. The molecule has 0 aromatic heterocycles. The normalized spacial score (nSPS) is 18.2. The lowest BCUT2D eigenvalue weighted by molar-refractivity contribution is -0.121. The van der Waals surface area contributed by atoms with Crippen molar-refractivity contribution in [2.75, 3.05) is 19.6 Å². The first-order chi connectivity index (χ1) is 10.1. The second kappa shape index (κ2) is 5.93. The molecule has 3 rings (SSSR count). The molecule has 0 unspecified atom stereocenters. The van der Waals surface area contributed by atoms with Crippen molar-refractivity contribution in [1.82, 2.24) is 15.1 Å². The molecule has 2 aliphatic rings. The Bertz CT molecular complexity index is 560. The zero-order valence-electron chi connectivity index (χ0n) is 11.7. The first kappa shape index (κ1) is 14.2. The van der Waals surface area contributed by atoms with Gasteiger partial charge >= 0.3 is 6.03 Å². The fraction of sp³-hybridized carbons (Fsp3) is 0.467. The van der Waals surface area contributed by atoms with Crippen LogP contribution >= 0.6 is 11.6 Å². The minimum atomic E-state index is -0.0964. The van der Waals surface area contributed by atoms with Gasteiger partial charge in [0.15, 0.2) is 0 Å². The molecule has 0 bridgehead atoms. The summed E-state index contributed by atoms with van der Waals surface area (Å²) in [5.74, 6) is -0.0644. The number of urea groups is 1. The molecule has 1 saturated carbocycles. The van der Waals surface area contributed by atoms with E-state index in [0.717, 1.165) is 18.4 Å². The van der Waals surface area contributed by atoms with Crippen molar-refractivity contribution in [2.45, 2.75) is 25.4 Å². The van der Waals surface area contributed by atoms with Gasteiger partial charge in [-0.15, -0.1) is 0 Å². The van der Waals surface area contributed by atoms with Crippen molar-refractivity contribution in [3.63, 3.8) is 0 Å². The number of carbonyl (C=O) groups is 2. The van der Waals surface area contributed by atoms with Gasteiger partial charge in [0, 0.05) is 30.7 Å². The average molecular weight is 308 g/mol. The minimum absolute atomic E-state index is 0.0644. The Morgan fingerprint density at radius 3 is 2.67 bits per heavy atom. The molecular formula is C15H18ClN3O2. The van der Waals surface area contributed by atoms with Gasteiger partial charge in [0.05, 0.1) is 0 Å². The standard InChI is InChI=1S/C15H18ClN3O2/c16-13-4-2-1-3-11(13)9-18-7-8-19(15(18)21)10-14(20)17-12-5-6-12/h1-4,12H,5-10H2,(H,17,20). The third kappa shape index (κ3) is 3.47. The third-order valence-electron chi connectivity index (χ3n) is 3.78. The lowest BCUT2D eigenvalue weighted by Crippen LogP contribution is -2.40. The van der Waals surface area contributed by atoms with E-state index in [-0.39, 0.29) is 18.5 Å². The molecule has 1 aromatic carbocycles. The minimum Gasteiger partial charge on any atom is -0.352 e. The van der Waals surface area contributed by atoms with Gasteiger partial charge in [-0.05, 0) is 24.5 Å². The maximum Gasteiger partial charge on any atom is 0.320 e. The quantitative estimate of drug-likeness (QED) is 0.902. The van der Waals surface area contributed by atoms with Gasteiger partial charge in [-0.1, -0.05) is 29.8 Å². The molecule has 21 heavy (non-hydrogen) atoms. The van der Waals surface area contributed by atoms with E-state index >= 15 is 0 Å². The molecule has 1 heterocycles. The molecule has 0 atom stereocenters. The Kier molecular flexibility index (Phi) is 4.01. The van der Waals surface area contributed by atoms with Crippen LogP contribution in [0.5, 0.6) is 0 Å². The van der Waals surface area contributed by atoms with Gasteiger partial charge in [-0.3, -0.25) is 4.79 Å². The molecule has 2 fully saturated rings. The van der Waals surface area contributed by atoms with Gasteiger partial charge < -0.3 is 15.1 Å². The number of carbonyl (C=O) groups excluding carboxylic acids is 2. The average Bonchev–Trinajstić information content (AvgIpc) is 3.20. The van der Waals surface area contributed by atoms with Crippen LogP contribution in [0.15, 0.2) is 24.3 Å². The monoisotopic (exact) mass is 307 g/mol. The molecular weight excluding hydrogens is 290 g/mol. The fourth-order valence-electron chi connectivity index (χ4n) is 2.43. The van der Waals surface area contributed by atoms with Crippen LogP contribution in [-0.2, 0) is 11.3 Å². The fourth-order valence-corrected chi connectivity index (χ4v) is 2.63. The third-order valence-corrected chi connectivity index (χ3v) is 4.15. The van der Waals surface area contributed by atoms with Crippen molar-refractivity contribution in [3.8, 4) is 0 Å². The molecule has 1 aliphatic heterocycles. The van der Waals surface area contributed by atoms with E-state index in [0.29, 0.717) is 30.7 Å². The molecule has 5 nitrogen and oxygen atoms in total. The number of halogens is 1. The summed E-state index contributed by atoms with van der Waals surface area (Å²) in [5, 5.41) is 3.56. The molecule has 1 N–H and O–H groups in total. The van der Waals surface area contributed by atoms with E-state index in [2.05, 4.69) is 5.32 Å². The maximum absolute atomic E-state index is 12.3. The number of nitrogens with one attached hydrogen (secondary N) is 1. The summed E-state index contributed by atoms with van der Waals surface area (Å²) in [6.45, 7) is 1.84. The number of rotatable bonds is 5. The van der Waals surface area contributed by atoms with Crippen molar-refractivity contribution < 1.29 is 9.59 Å². The molecule has 3 amide bonds. The summed E-state index contributed by atoms with van der Waals surface area (Å²) in [7, 11) is 0. The van der Waals surface area contributed by atoms with E-state index in [1.165, 1.54) is 0 Å². The summed E-state index contributed by atoms with van der Waals surface area (Å²) in [6.07, 6.45) is 2.11. The predicted octanol–water partition coefficient (Wildman–Crippen LogP) is 1.86. The number of hydrogen-bond donors (Lipinski definition) is 1.